The van der Waals surface area contributed by atoms with Crippen molar-refractivity contribution in [2.24, 2.45) is 0 Å². The van der Waals surface area contributed by atoms with Gasteiger partial charge in [0.25, 0.3) is 0 Å². The number of aryl methyl sites for hydroxylation is 1. The third kappa shape index (κ3) is 1.56. The van der Waals surface area contributed by atoms with Crippen molar-refractivity contribution >= 4 is 22.5 Å². The van der Waals surface area contributed by atoms with Crippen LogP contribution in [-0.2, 0) is 6.42 Å². The molecule has 0 aliphatic heterocycles. The smallest absolute Gasteiger partial charge is 0.0502 e. The van der Waals surface area contributed by atoms with Gasteiger partial charge in [-0.25, -0.2) is 0 Å². The minimum Gasteiger partial charge on any atom is -0.361 e. The predicted octanol–water partition coefficient (Wildman–Crippen LogP) is 3.77. The minimum absolute atomic E-state index is 0.849. The van der Waals surface area contributed by atoms with Gasteiger partial charge in [-0.05, 0) is 30.2 Å². The van der Waals surface area contributed by atoms with Gasteiger partial charge in [-0.3, -0.25) is 0 Å². The molecule has 0 fully saturated rings. The number of hydrogen-bond donors (Lipinski definition) is 1. The fourth-order valence-corrected chi connectivity index (χ4v) is 1.92. The average Bonchev–Trinajstić information content (AvgIpc) is 2.53. The fraction of sp³-hybridized carbons (Fsp3) is 0.273. The maximum Gasteiger partial charge on any atom is 0.0502 e. The van der Waals surface area contributed by atoms with Crippen LogP contribution in [0.4, 0.5) is 0 Å². The Morgan fingerprint density at radius 1 is 1.38 bits per heavy atom. The summed E-state index contributed by atoms with van der Waals surface area (Å²) >= 11 is 6.12. The summed E-state index contributed by atoms with van der Waals surface area (Å²) in [7, 11) is 0. The zero-order chi connectivity index (χ0) is 9.26. The summed E-state index contributed by atoms with van der Waals surface area (Å²) in [5, 5.41) is 1.96. The second-order valence-electron chi connectivity index (χ2n) is 3.27. The lowest BCUT2D eigenvalue weighted by molar-refractivity contribution is 0.923. The predicted molar refractivity (Wildman–Crippen MR) is 57.3 cm³/mol. The molecule has 1 aromatic heterocycles. The number of rotatable bonds is 2. The highest BCUT2D eigenvalue weighted by Gasteiger charge is 2.01. The average molecular weight is 194 g/mol. The first kappa shape index (κ1) is 8.64. The molecule has 1 heterocycles. The van der Waals surface area contributed by atoms with Crippen LogP contribution >= 0.6 is 11.6 Å². The van der Waals surface area contributed by atoms with Crippen LogP contribution < -0.4 is 0 Å². The van der Waals surface area contributed by atoms with Crippen molar-refractivity contribution in [1.82, 2.24) is 4.98 Å². The molecule has 0 unspecified atom stereocenters. The van der Waals surface area contributed by atoms with E-state index in [-0.39, 0.29) is 0 Å². The van der Waals surface area contributed by atoms with Crippen LogP contribution in [0.15, 0.2) is 24.4 Å². The standard InChI is InChI=1S/C11H12ClN/c1-2-3-8-6-10(12)9-4-5-13-11(9)7-8/h4-7,13H,2-3H2,1H3. The highest BCUT2D eigenvalue weighted by Crippen LogP contribution is 2.24. The summed E-state index contributed by atoms with van der Waals surface area (Å²) in [5.41, 5.74) is 2.44. The molecule has 1 nitrogen and oxygen atoms in total. The molecule has 0 saturated carbocycles. The number of nitrogens with one attached hydrogen (secondary N) is 1. The van der Waals surface area contributed by atoms with Gasteiger partial charge in [-0.2, -0.15) is 0 Å². The molecule has 13 heavy (non-hydrogen) atoms. The van der Waals surface area contributed by atoms with Crippen molar-refractivity contribution in [2.45, 2.75) is 19.8 Å². The van der Waals surface area contributed by atoms with E-state index in [1.54, 1.807) is 0 Å². The zero-order valence-electron chi connectivity index (χ0n) is 7.60. The van der Waals surface area contributed by atoms with Crippen LogP contribution in [0, 0.1) is 0 Å². The number of hydrogen-bond acceptors (Lipinski definition) is 0. The molecule has 0 amide bonds. The number of aromatic amines is 1. The van der Waals surface area contributed by atoms with Crippen molar-refractivity contribution in [1.29, 1.82) is 0 Å². The molecule has 68 valence electrons. The first-order valence-corrected chi connectivity index (χ1v) is 4.94. The highest BCUT2D eigenvalue weighted by atomic mass is 35.5. The minimum atomic E-state index is 0.849. The van der Waals surface area contributed by atoms with Gasteiger partial charge in [0.1, 0.15) is 0 Å². The number of aromatic nitrogens is 1. The lowest BCUT2D eigenvalue weighted by Gasteiger charge is -2.00. The van der Waals surface area contributed by atoms with E-state index in [0.29, 0.717) is 0 Å². The summed E-state index contributed by atoms with van der Waals surface area (Å²) < 4.78 is 0. The first-order valence-electron chi connectivity index (χ1n) is 4.57. The molecule has 1 N–H and O–H groups in total. The molecule has 0 spiro atoms. The van der Waals surface area contributed by atoms with Crippen LogP contribution in [0.3, 0.4) is 0 Å². The van der Waals surface area contributed by atoms with Gasteiger partial charge in [0.05, 0.1) is 5.02 Å². The van der Waals surface area contributed by atoms with Crippen molar-refractivity contribution < 1.29 is 0 Å². The highest BCUT2D eigenvalue weighted by molar-refractivity contribution is 6.35. The van der Waals surface area contributed by atoms with Crippen molar-refractivity contribution in [3.63, 3.8) is 0 Å². The van der Waals surface area contributed by atoms with Gasteiger partial charge >= 0.3 is 0 Å². The number of halogens is 1. The van der Waals surface area contributed by atoms with E-state index in [1.807, 2.05) is 12.3 Å². The van der Waals surface area contributed by atoms with E-state index in [4.69, 9.17) is 11.6 Å². The lowest BCUT2D eigenvalue weighted by atomic mass is 10.1. The van der Waals surface area contributed by atoms with E-state index in [9.17, 15) is 0 Å². The van der Waals surface area contributed by atoms with E-state index in [2.05, 4.69) is 24.0 Å². The van der Waals surface area contributed by atoms with Crippen LogP contribution in [0.25, 0.3) is 10.9 Å². The molecule has 2 rings (SSSR count). The van der Waals surface area contributed by atoms with E-state index < -0.39 is 0 Å². The number of fused-ring (bicyclic) bond motifs is 1. The Hall–Kier alpha value is -0.950. The summed E-state index contributed by atoms with van der Waals surface area (Å²) in [6, 6.07) is 6.24. The Labute approximate surface area is 82.7 Å². The molecular formula is C11H12ClN. The van der Waals surface area contributed by atoms with E-state index in [1.165, 1.54) is 5.56 Å². The van der Waals surface area contributed by atoms with Crippen LogP contribution in [0.1, 0.15) is 18.9 Å². The van der Waals surface area contributed by atoms with Crippen LogP contribution in [-0.4, -0.2) is 4.98 Å². The van der Waals surface area contributed by atoms with Crippen LogP contribution in [0.5, 0.6) is 0 Å². The largest absolute Gasteiger partial charge is 0.361 e. The Morgan fingerprint density at radius 2 is 2.23 bits per heavy atom. The SMILES string of the molecule is CCCc1cc(Cl)c2cc[nH]c2c1. The van der Waals surface area contributed by atoms with Crippen molar-refractivity contribution in [2.75, 3.05) is 0 Å². The molecule has 0 aliphatic rings. The number of H-pyrrole nitrogens is 1. The van der Waals surface area contributed by atoms with E-state index in [0.717, 1.165) is 28.8 Å². The molecule has 2 aromatic rings. The van der Waals surface area contributed by atoms with Gasteiger partial charge in [0.15, 0.2) is 0 Å². The topological polar surface area (TPSA) is 15.8 Å². The Morgan fingerprint density at radius 3 is 3.00 bits per heavy atom. The Balaban J connectivity index is 2.56. The molecule has 0 aliphatic carbocycles. The quantitative estimate of drug-likeness (QED) is 0.748. The Bertz CT molecular complexity index is 417. The zero-order valence-corrected chi connectivity index (χ0v) is 8.36. The summed E-state index contributed by atoms with van der Waals surface area (Å²) in [6.45, 7) is 2.17. The van der Waals surface area contributed by atoms with Crippen molar-refractivity contribution in [3.05, 3.63) is 35.0 Å². The molecule has 2 heteroatoms. The summed E-state index contributed by atoms with van der Waals surface area (Å²) in [6.07, 6.45) is 4.17. The number of benzene rings is 1. The molecule has 0 saturated heterocycles. The Kier molecular flexibility index (Phi) is 2.28. The van der Waals surface area contributed by atoms with Gasteiger partial charge in [-0.15, -0.1) is 0 Å². The van der Waals surface area contributed by atoms with Gasteiger partial charge < -0.3 is 4.98 Å². The summed E-state index contributed by atoms with van der Waals surface area (Å²) in [4.78, 5) is 3.17. The second kappa shape index (κ2) is 3.43. The normalized spacial score (nSPS) is 10.9. The van der Waals surface area contributed by atoms with Gasteiger partial charge in [0, 0.05) is 17.1 Å². The third-order valence-electron chi connectivity index (χ3n) is 2.22. The van der Waals surface area contributed by atoms with Crippen LogP contribution in [0.2, 0.25) is 5.02 Å². The molecular weight excluding hydrogens is 182 g/mol. The molecule has 0 atom stereocenters. The monoisotopic (exact) mass is 193 g/mol. The molecule has 1 aromatic carbocycles. The maximum absolute atomic E-state index is 6.12. The first-order chi connectivity index (χ1) is 6.31. The van der Waals surface area contributed by atoms with Crippen molar-refractivity contribution in [3.8, 4) is 0 Å². The van der Waals surface area contributed by atoms with E-state index >= 15 is 0 Å². The molecule has 0 radical (unpaired) electrons. The third-order valence-corrected chi connectivity index (χ3v) is 2.53. The van der Waals surface area contributed by atoms with Gasteiger partial charge in [0.2, 0.25) is 0 Å². The van der Waals surface area contributed by atoms with Gasteiger partial charge in [-0.1, -0.05) is 24.9 Å². The summed E-state index contributed by atoms with van der Waals surface area (Å²) in [5.74, 6) is 0. The lowest BCUT2D eigenvalue weighted by Crippen LogP contribution is -1.83. The fourth-order valence-electron chi connectivity index (χ4n) is 1.61. The second-order valence-corrected chi connectivity index (χ2v) is 3.67. The maximum atomic E-state index is 6.12. The molecule has 0 bridgehead atoms.